The zero-order chi connectivity index (χ0) is 18.4. The van der Waals surface area contributed by atoms with Crippen molar-refractivity contribution in [1.29, 1.82) is 0 Å². The van der Waals surface area contributed by atoms with E-state index in [9.17, 15) is 18.3 Å². The van der Waals surface area contributed by atoms with Gasteiger partial charge in [0, 0.05) is 22.5 Å². The van der Waals surface area contributed by atoms with E-state index in [1.165, 1.54) is 24.3 Å². The molecule has 8 heteroatoms. The molecular formula is C17H15Cl2NO4S. The Hall–Kier alpha value is -1.60. The number of halogens is 2. The maximum Gasteiger partial charge on any atom is 0.312 e. The largest absolute Gasteiger partial charge is 0.481 e. The molecule has 0 spiro atoms. The van der Waals surface area contributed by atoms with Crippen LogP contribution in [0.4, 0.5) is 0 Å². The number of rotatable bonds is 5. The fourth-order valence-electron chi connectivity index (χ4n) is 3.39. The second-order valence-corrected chi connectivity index (χ2v) is 8.94. The molecule has 1 saturated carbocycles. The molecule has 5 nitrogen and oxygen atoms in total. The van der Waals surface area contributed by atoms with Crippen molar-refractivity contribution in [3.05, 3.63) is 64.1 Å². The zero-order valence-corrected chi connectivity index (χ0v) is 15.2. The van der Waals surface area contributed by atoms with E-state index in [1.807, 2.05) is 0 Å². The molecule has 2 aromatic rings. The first-order valence-corrected chi connectivity index (χ1v) is 9.73. The van der Waals surface area contributed by atoms with Crippen molar-refractivity contribution in [3.63, 3.8) is 0 Å². The highest BCUT2D eigenvalue weighted by Gasteiger charge is 2.75. The van der Waals surface area contributed by atoms with Crippen molar-refractivity contribution >= 4 is 39.0 Å². The summed E-state index contributed by atoms with van der Waals surface area (Å²) < 4.78 is 26.1. The summed E-state index contributed by atoms with van der Waals surface area (Å²) in [4.78, 5) is 11.9. The molecular weight excluding hydrogens is 385 g/mol. The van der Waals surface area contributed by atoms with Crippen LogP contribution in [0.5, 0.6) is 0 Å². The van der Waals surface area contributed by atoms with Crippen LogP contribution >= 0.6 is 23.2 Å². The minimum absolute atomic E-state index is 0.0190. The van der Waals surface area contributed by atoms with E-state index in [4.69, 9.17) is 28.9 Å². The summed E-state index contributed by atoms with van der Waals surface area (Å²) >= 11 is 11.8. The predicted octanol–water partition coefficient (Wildman–Crippen LogP) is 2.96. The first kappa shape index (κ1) is 18.2. The minimum Gasteiger partial charge on any atom is -0.481 e. The van der Waals surface area contributed by atoms with E-state index in [0.717, 1.165) is 0 Å². The van der Waals surface area contributed by atoms with Gasteiger partial charge in [-0.15, -0.1) is 0 Å². The topological polar surface area (TPSA) is 97.5 Å². The van der Waals surface area contributed by atoms with Gasteiger partial charge in [0.15, 0.2) is 9.84 Å². The van der Waals surface area contributed by atoms with E-state index in [-0.39, 0.29) is 11.4 Å². The van der Waals surface area contributed by atoms with Crippen molar-refractivity contribution in [1.82, 2.24) is 0 Å². The molecule has 0 heterocycles. The minimum atomic E-state index is -3.92. The number of hydrogen-bond donors (Lipinski definition) is 2. The Bertz CT molecular complexity index is 930. The molecule has 2 aromatic carbocycles. The van der Waals surface area contributed by atoms with E-state index >= 15 is 0 Å². The van der Waals surface area contributed by atoms with Crippen molar-refractivity contribution in [3.8, 4) is 0 Å². The van der Waals surface area contributed by atoms with Crippen LogP contribution in [0.2, 0.25) is 10.0 Å². The monoisotopic (exact) mass is 399 g/mol. The van der Waals surface area contributed by atoms with Crippen LogP contribution in [0.25, 0.3) is 0 Å². The molecule has 1 fully saturated rings. The number of carboxylic acids is 1. The zero-order valence-electron chi connectivity index (χ0n) is 12.9. The SMILES string of the molecule is NC[C@@]1(C(=O)O)[C@@H](c2cccc(Cl)c2)[C@@H]1S(=O)(=O)c1ccc(Cl)cc1. The number of aliphatic carboxylic acids is 1. The number of hydrogen-bond acceptors (Lipinski definition) is 4. The number of carbonyl (C=O) groups is 1. The molecule has 1 aliphatic rings. The molecule has 0 unspecified atom stereocenters. The Balaban J connectivity index is 2.12. The second kappa shape index (κ2) is 6.29. The first-order valence-electron chi connectivity index (χ1n) is 7.43. The van der Waals surface area contributed by atoms with Crippen LogP contribution in [0.3, 0.4) is 0 Å². The van der Waals surface area contributed by atoms with Crippen LogP contribution in [0.1, 0.15) is 11.5 Å². The molecule has 3 atom stereocenters. The van der Waals surface area contributed by atoms with Gasteiger partial charge in [-0.25, -0.2) is 8.42 Å². The van der Waals surface area contributed by atoms with Crippen LogP contribution in [-0.4, -0.2) is 31.3 Å². The average molecular weight is 400 g/mol. The van der Waals surface area contributed by atoms with Crippen molar-refractivity contribution in [2.75, 3.05) is 6.54 Å². The lowest BCUT2D eigenvalue weighted by Crippen LogP contribution is -2.31. The van der Waals surface area contributed by atoms with Gasteiger partial charge in [-0.3, -0.25) is 4.79 Å². The highest BCUT2D eigenvalue weighted by molar-refractivity contribution is 7.92. The van der Waals surface area contributed by atoms with Gasteiger partial charge in [-0.2, -0.15) is 0 Å². The maximum atomic E-state index is 13.1. The summed E-state index contributed by atoms with van der Waals surface area (Å²) in [5.74, 6) is -2.00. The normalized spacial score (nSPS) is 25.6. The molecule has 25 heavy (non-hydrogen) atoms. The summed E-state index contributed by atoms with van der Waals surface area (Å²) in [7, 11) is -3.92. The number of carboxylic acid groups (broad SMARTS) is 1. The van der Waals surface area contributed by atoms with Gasteiger partial charge >= 0.3 is 5.97 Å². The fourth-order valence-corrected chi connectivity index (χ4v) is 6.10. The highest BCUT2D eigenvalue weighted by atomic mass is 35.5. The molecule has 0 saturated heterocycles. The van der Waals surface area contributed by atoms with Gasteiger partial charge in [0.1, 0.15) is 5.41 Å². The Kier molecular flexibility index (Phi) is 4.58. The van der Waals surface area contributed by atoms with Gasteiger partial charge in [0.2, 0.25) is 0 Å². The summed E-state index contributed by atoms with van der Waals surface area (Å²) in [6, 6.07) is 12.2. The quantitative estimate of drug-likeness (QED) is 0.804. The van der Waals surface area contributed by atoms with Crippen molar-refractivity contribution < 1.29 is 18.3 Å². The Morgan fingerprint density at radius 2 is 1.76 bits per heavy atom. The lowest BCUT2D eigenvalue weighted by atomic mass is 9.99. The molecule has 0 bridgehead atoms. The predicted molar refractivity (Wildman–Crippen MR) is 95.7 cm³/mol. The molecule has 3 N–H and O–H groups in total. The lowest BCUT2D eigenvalue weighted by molar-refractivity contribution is -0.143. The third-order valence-electron chi connectivity index (χ3n) is 4.68. The second-order valence-electron chi connectivity index (χ2n) is 6.00. The van der Waals surface area contributed by atoms with E-state index in [2.05, 4.69) is 0 Å². The molecule has 0 aliphatic heterocycles. The Morgan fingerprint density at radius 1 is 1.12 bits per heavy atom. The van der Waals surface area contributed by atoms with E-state index in [1.54, 1.807) is 24.3 Å². The standard InChI is InChI=1S/C17H15Cl2NO4S/c18-11-4-6-13(7-5-11)25(23,24)15-14(17(15,9-20)16(21)22)10-2-1-3-12(19)8-10/h1-8,14-15H,9,20H2,(H,21,22)/t14-,15-,17+/m0/s1. The van der Waals surface area contributed by atoms with Crippen molar-refractivity contribution in [2.45, 2.75) is 16.1 Å². The number of nitrogens with two attached hydrogens (primary N) is 1. The summed E-state index contributed by atoms with van der Waals surface area (Å²) in [5.41, 5.74) is 4.69. The molecule has 3 rings (SSSR count). The van der Waals surface area contributed by atoms with E-state index in [0.29, 0.717) is 15.6 Å². The highest BCUT2D eigenvalue weighted by Crippen LogP contribution is 2.63. The summed E-state index contributed by atoms with van der Waals surface area (Å²) in [6.45, 7) is -0.295. The summed E-state index contributed by atoms with van der Waals surface area (Å²) in [6.07, 6.45) is 0. The first-order chi connectivity index (χ1) is 11.7. The van der Waals surface area contributed by atoms with Crippen LogP contribution in [-0.2, 0) is 14.6 Å². The molecule has 0 aromatic heterocycles. The van der Waals surface area contributed by atoms with Crippen molar-refractivity contribution in [2.24, 2.45) is 11.1 Å². The third kappa shape index (κ3) is 2.83. The number of benzene rings is 2. The molecule has 132 valence electrons. The molecule has 1 aliphatic carbocycles. The van der Waals surface area contributed by atoms with Crippen LogP contribution in [0.15, 0.2) is 53.4 Å². The molecule has 0 radical (unpaired) electrons. The van der Waals surface area contributed by atoms with Gasteiger partial charge < -0.3 is 10.8 Å². The van der Waals surface area contributed by atoms with Gasteiger partial charge in [-0.05, 0) is 42.0 Å². The Labute approximate surface area is 155 Å². The molecule has 0 amide bonds. The van der Waals surface area contributed by atoms with E-state index < -0.39 is 32.4 Å². The third-order valence-corrected chi connectivity index (χ3v) is 7.45. The summed E-state index contributed by atoms with van der Waals surface area (Å²) in [5, 5.41) is 9.37. The van der Waals surface area contributed by atoms with Crippen LogP contribution in [0, 0.1) is 5.41 Å². The van der Waals surface area contributed by atoms with Gasteiger partial charge in [-0.1, -0.05) is 35.3 Å². The van der Waals surface area contributed by atoms with Gasteiger partial charge in [0.05, 0.1) is 10.1 Å². The average Bonchev–Trinajstić information content (AvgIpc) is 3.27. The maximum absolute atomic E-state index is 13.1. The van der Waals surface area contributed by atoms with Gasteiger partial charge in [0.25, 0.3) is 0 Å². The number of sulfone groups is 1. The smallest absolute Gasteiger partial charge is 0.312 e. The van der Waals surface area contributed by atoms with Crippen LogP contribution < -0.4 is 5.73 Å². The lowest BCUT2D eigenvalue weighted by Gasteiger charge is -2.10. The fraction of sp³-hybridized carbons (Fsp3) is 0.235. The Morgan fingerprint density at radius 3 is 2.28 bits per heavy atom.